The van der Waals surface area contributed by atoms with Crippen molar-refractivity contribution in [3.63, 3.8) is 0 Å². The van der Waals surface area contributed by atoms with Gasteiger partial charge < -0.3 is 5.73 Å². The zero-order chi connectivity index (χ0) is 9.26. The number of hydrogen-bond donors (Lipinski definition) is 1. The Morgan fingerprint density at radius 2 is 2.23 bits per heavy atom. The topological polar surface area (TPSA) is 38.9 Å². The number of anilines is 1. The van der Waals surface area contributed by atoms with Crippen LogP contribution in [0.3, 0.4) is 0 Å². The number of pyridine rings is 1. The number of hydrogen-bond acceptors (Lipinski definition) is 3. The van der Waals surface area contributed by atoms with Crippen LogP contribution in [0.1, 0.15) is 5.56 Å². The number of thiophene rings is 1. The maximum Gasteiger partial charge on any atom is 0.123 e. The zero-order valence-corrected chi connectivity index (χ0v) is 8.14. The molecule has 0 bridgehead atoms. The molecule has 0 aromatic carbocycles. The van der Waals surface area contributed by atoms with E-state index in [2.05, 4.69) is 23.4 Å². The molecule has 0 saturated carbocycles. The molecule has 66 valence electrons. The minimum Gasteiger partial charge on any atom is -0.384 e. The number of nitrogen functional groups attached to an aromatic ring is 1. The minimum absolute atomic E-state index is 0.573. The van der Waals surface area contributed by atoms with E-state index in [0.29, 0.717) is 5.82 Å². The maximum absolute atomic E-state index is 5.60. The van der Waals surface area contributed by atoms with Crippen molar-refractivity contribution in [1.29, 1.82) is 0 Å². The van der Waals surface area contributed by atoms with Crippen LogP contribution in [0.25, 0.3) is 10.4 Å². The molecular weight excluding hydrogens is 180 g/mol. The van der Waals surface area contributed by atoms with Crippen LogP contribution in [0.15, 0.2) is 29.8 Å². The monoisotopic (exact) mass is 190 g/mol. The van der Waals surface area contributed by atoms with E-state index >= 15 is 0 Å². The molecule has 0 radical (unpaired) electrons. The van der Waals surface area contributed by atoms with E-state index < -0.39 is 0 Å². The second kappa shape index (κ2) is 3.18. The Bertz CT molecular complexity index is 420. The summed E-state index contributed by atoms with van der Waals surface area (Å²) in [5.41, 5.74) is 8.03. The highest BCUT2D eigenvalue weighted by Crippen LogP contribution is 2.27. The molecule has 0 unspecified atom stereocenters. The molecule has 2 heterocycles. The summed E-state index contributed by atoms with van der Waals surface area (Å²) in [5.74, 6) is 0.573. The molecule has 3 heteroatoms. The molecule has 0 amide bonds. The van der Waals surface area contributed by atoms with Crippen molar-refractivity contribution in [3.05, 3.63) is 35.3 Å². The first-order valence-electron chi connectivity index (χ1n) is 4.03. The van der Waals surface area contributed by atoms with Crippen molar-refractivity contribution >= 4 is 17.2 Å². The Labute approximate surface area is 81.1 Å². The summed E-state index contributed by atoms with van der Waals surface area (Å²) in [4.78, 5) is 5.20. The first kappa shape index (κ1) is 8.26. The zero-order valence-electron chi connectivity index (χ0n) is 7.32. The highest BCUT2D eigenvalue weighted by molar-refractivity contribution is 7.13. The average molecular weight is 190 g/mol. The number of aromatic nitrogens is 1. The Kier molecular flexibility index (Phi) is 2.02. The SMILES string of the molecule is Cc1csc(-c2ccnc(N)c2)c1. The normalized spacial score (nSPS) is 10.2. The summed E-state index contributed by atoms with van der Waals surface area (Å²) < 4.78 is 0. The number of nitrogens with two attached hydrogens (primary N) is 1. The molecule has 0 spiro atoms. The Morgan fingerprint density at radius 3 is 2.85 bits per heavy atom. The van der Waals surface area contributed by atoms with E-state index in [1.165, 1.54) is 10.4 Å². The average Bonchev–Trinajstić information content (AvgIpc) is 2.52. The van der Waals surface area contributed by atoms with Gasteiger partial charge in [0.1, 0.15) is 5.82 Å². The van der Waals surface area contributed by atoms with Crippen LogP contribution in [0, 0.1) is 6.92 Å². The third-order valence-electron chi connectivity index (χ3n) is 1.80. The number of rotatable bonds is 1. The van der Waals surface area contributed by atoms with Crippen LogP contribution < -0.4 is 5.73 Å². The molecule has 0 fully saturated rings. The third kappa shape index (κ3) is 1.70. The molecule has 0 saturated heterocycles. The van der Waals surface area contributed by atoms with Gasteiger partial charge in [0.15, 0.2) is 0 Å². The van der Waals surface area contributed by atoms with Gasteiger partial charge in [-0.05, 0) is 41.6 Å². The molecule has 2 nitrogen and oxygen atoms in total. The summed E-state index contributed by atoms with van der Waals surface area (Å²) >= 11 is 1.73. The minimum atomic E-state index is 0.573. The molecule has 2 aromatic heterocycles. The van der Waals surface area contributed by atoms with Gasteiger partial charge in [-0.2, -0.15) is 0 Å². The van der Waals surface area contributed by atoms with Crippen molar-refractivity contribution < 1.29 is 0 Å². The van der Waals surface area contributed by atoms with Crippen LogP contribution in [-0.2, 0) is 0 Å². The summed E-state index contributed by atoms with van der Waals surface area (Å²) in [6, 6.07) is 6.02. The first-order chi connectivity index (χ1) is 6.25. The largest absolute Gasteiger partial charge is 0.384 e. The van der Waals surface area contributed by atoms with Crippen molar-refractivity contribution in [2.45, 2.75) is 6.92 Å². The van der Waals surface area contributed by atoms with Crippen LogP contribution in [0.5, 0.6) is 0 Å². The van der Waals surface area contributed by atoms with Gasteiger partial charge in [-0.3, -0.25) is 0 Å². The van der Waals surface area contributed by atoms with Crippen LogP contribution in [0.2, 0.25) is 0 Å². The molecule has 2 N–H and O–H groups in total. The Morgan fingerprint density at radius 1 is 1.38 bits per heavy atom. The van der Waals surface area contributed by atoms with Gasteiger partial charge in [-0.1, -0.05) is 0 Å². The van der Waals surface area contributed by atoms with Crippen LogP contribution >= 0.6 is 11.3 Å². The molecule has 0 aliphatic carbocycles. The van der Waals surface area contributed by atoms with Gasteiger partial charge in [-0.25, -0.2) is 4.98 Å². The smallest absolute Gasteiger partial charge is 0.123 e. The summed E-state index contributed by atoms with van der Waals surface area (Å²) in [6.45, 7) is 2.09. The maximum atomic E-state index is 5.60. The van der Waals surface area contributed by atoms with Gasteiger partial charge in [0.05, 0.1) is 0 Å². The quantitative estimate of drug-likeness (QED) is 0.751. The van der Waals surface area contributed by atoms with Gasteiger partial charge in [0.2, 0.25) is 0 Å². The van der Waals surface area contributed by atoms with Gasteiger partial charge in [0, 0.05) is 11.1 Å². The third-order valence-corrected chi connectivity index (χ3v) is 2.89. The molecule has 2 aromatic rings. The van der Waals surface area contributed by atoms with Gasteiger partial charge in [-0.15, -0.1) is 11.3 Å². The predicted octanol–water partition coefficient (Wildman–Crippen LogP) is 2.70. The van der Waals surface area contributed by atoms with Crippen LogP contribution in [0.4, 0.5) is 5.82 Å². The number of nitrogens with zero attached hydrogens (tertiary/aromatic N) is 1. The first-order valence-corrected chi connectivity index (χ1v) is 4.91. The molecule has 0 atom stereocenters. The molecular formula is C10H10N2S. The summed E-state index contributed by atoms with van der Waals surface area (Å²) in [5, 5.41) is 2.13. The van der Waals surface area contributed by atoms with E-state index in [-0.39, 0.29) is 0 Å². The lowest BCUT2D eigenvalue weighted by atomic mass is 10.2. The molecule has 13 heavy (non-hydrogen) atoms. The number of aryl methyl sites for hydroxylation is 1. The highest BCUT2D eigenvalue weighted by atomic mass is 32.1. The second-order valence-corrected chi connectivity index (χ2v) is 3.87. The lowest BCUT2D eigenvalue weighted by molar-refractivity contribution is 1.34. The lowest BCUT2D eigenvalue weighted by Crippen LogP contribution is -1.88. The van der Waals surface area contributed by atoms with E-state index in [0.717, 1.165) is 5.56 Å². The molecule has 0 aliphatic heterocycles. The van der Waals surface area contributed by atoms with Crippen LogP contribution in [-0.4, -0.2) is 4.98 Å². The summed E-state index contributed by atoms with van der Waals surface area (Å²) in [6.07, 6.45) is 1.74. The summed E-state index contributed by atoms with van der Waals surface area (Å²) in [7, 11) is 0. The Balaban J connectivity index is 2.46. The van der Waals surface area contributed by atoms with E-state index in [4.69, 9.17) is 5.73 Å². The fourth-order valence-corrected chi connectivity index (χ4v) is 2.08. The van der Waals surface area contributed by atoms with Crippen molar-refractivity contribution in [2.75, 3.05) is 5.73 Å². The van der Waals surface area contributed by atoms with Gasteiger partial charge >= 0.3 is 0 Å². The van der Waals surface area contributed by atoms with E-state index in [9.17, 15) is 0 Å². The fourth-order valence-electron chi connectivity index (χ4n) is 1.18. The fraction of sp³-hybridized carbons (Fsp3) is 0.100. The Hall–Kier alpha value is -1.35. The second-order valence-electron chi connectivity index (χ2n) is 2.96. The predicted molar refractivity (Wildman–Crippen MR) is 56.7 cm³/mol. The van der Waals surface area contributed by atoms with E-state index in [1.807, 2.05) is 12.1 Å². The lowest BCUT2D eigenvalue weighted by Gasteiger charge is -1.97. The standard InChI is InChI=1S/C10H10N2S/c1-7-4-9(13-6-7)8-2-3-12-10(11)5-8/h2-6H,1H3,(H2,11,12). The molecule has 2 rings (SSSR count). The molecule has 0 aliphatic rings. The van der Waals surface area contributed by atoms with E-state index in [1.54, 1.807) is 17.5 Å². The van der Waals surface area contributed by atoms with Crippen molar-refractivity contribution in [3.8, 4) is 10.4 Å². The van der Waals surface area contributed by atoms with Crippen molar-refractivity contribution in [1.82, 2.24) is 4.98 Å². The highest BCUT2D eigenvalue weighted by Gasteiger charge is 2.00. The van der Waals surface area contributed by atoms with Crippen molar-refractivity contribution in [2.24, 2.45) is 0 Å². The van der Waals surface area contributed by atoms with Gasteiger partial charge in [0.25, 0.3) is 0 Å².